The fourth-order valence-electron chi connectivity index (χ4n) is 3.15. The number of hydrogen-bond donors (Lipinski definition) is 1. The van der Waals surface area contributed by atoms with E-state index in [4.69, 9.17) is 0 Å². The molecule has 0 radical (unpaired) electrons. The number of hydrogen-bond acceptors (Lipinski definition) is 4. The van der Waals surface area contributed by atoms with Crippen LogP contribution in [0.2, 0.25) is 0 Å². The summed E-state index contributed by atoms with van der Waals surface area (Å²) in [6.45, 7) is 2.69. The van der Waals surface area contributed by atoms with E-state index in [-0.39, 0.29) is 17.3 Å². The van der Waals surface area contributed by atoms with E-state index in [0.717, 1.165) is 11.3 Å². The second kappa shape index (κ2) is 5.64. The van der Waals surface area contributed by atoms with Gasteiger partial charge in [0.15, 0.2) is 0 Å². The Labute approximate surface area is 130 Å². The minimum Gasteiger partial charge on any atom is -0.392 e. The van der Waals surface area contributed by atoms with E-state index in [1.165, 1.54) is 11.2 Å². The number of carbonyl (C=O) groups is 1. The van der Waals surface area contributed by atoms with E-state index >= 15 is 0 Å². The lowest BCUT2D eigenvalue weighted by molar-refractivity contribution is -0.116. The molecule has 1 aromatic rings. The summed E-state index contributed by atoms with van der Waals surface area (Å²) in [5, 5.41) is 9.69. The molecule has 6 nitrogen and oxygen atoms in total. The molecule has 2 aliphatic rings. The number of nitrogens with zero attached hydrogens (tertiary/aromatic N) is 2. The molecule has 120 valence electrons. The van der Waals surface area contributed by atoms with Crippen molar-refractivity contribution >= 4 is 21.6 Å². The fourth-order valence-corrected chi connectivity index (χ4v) is 4.72. The van der Waals surface area contributed by atoms with Crippen LogP contribution in [0.5, 0.6) is 0 Å². The Bertz CT molecular complexity index is 701. The maximum absolute atomic E-state index is 12.7. The molecule has 1 unspecified atom stereocenters. The van der Waals surface area contributed by atoms with Gasteiger partial charge < -0.3 is 10.0 Å². The van der Waals surface area contributed by atoms with Gasteiger partial charge >= 0.3 is 0 Å². The molecule has 1 atom stereocenters. The highest BCUT2D eigenvalue weighted by Crippen LogP contribution is 2.31. The fraction of sp³-hybridized carbons (Fsp3) is 0.533. The molecule has 3 rings (SSSR count). The van der Waals surface area contributed by atoms with Gasteiger partial charge in [0, 0.05) is 32.2 Å². The van der Waals surface area contributed by atoms with Gasteiger partial charge in [0.25, 0.3) is 0 Å². The van der Waals surface area contributed by atoms with Crippen LogP contribution in [0.3, 0.4) is 0 Å². The van der Waals surface area contributed by atoms with Crippen LogP contribution < -0.4 is 4.90 Å². The first-order valence-electron chi connectivity index (χ1n) is 7.49. The molecule has 1 amide bonds. The Morgan fingerprint density at radius 2 is 2.09 bits per heavy atom. The summed E-state index contributed by atoms with van der Waals surface area (Å²) >= 11 is 0. The SMILES string of the molecule is CC(=O)N1CCc2cc(S(=O)(=O)N3CCCC(O)C3)ccc21. The van der Waals surface area contributed by atoms with E-state index in [2.05, 4.69) is 0 Å². The van der Waals surface area contributed by atoms with Crippen LogP contribution in [-0.4, -0.2) is 49.5 Å². The molecule has 0 spiro atoms. The number of aliphatic hydroxyl groups is 1. The third-order valence-electron chi connectivity index (χ3n) is 4.32. The lowest BCUT2D eigenvalue weighted by Gasteiger charge is -2.29. The van der Waals surface area contributed by atoms with Crippen LogP contribution in [0.15, 0.2) is 23.1 Å². The van der Waals surface area contributed by atoms with Crippen LogP contribution in [0, 0.1) is 0 Å². The summed E-state index contributed by atoms with van der Waals surface area (Å²) < 4.78 is 26.7. The minimum absolute atomic E-state index is 0.0338. The molecule has 1 N–H and O–H groups in total. The van der Waals surface area contributed by atoms with Gasteiger partial charge in [0.2, 0.25) is 15.9 Å². The first-order chi connectivity index (χ1) is 10.4. The van der Waals surface area contributed by atoms with Crippen molar-refractivity contribution in [3.8, 4) is 0 Å². The molecule has 1 fully saturated rings. The Balaban J connectivity index is 1.91. The smallest absolute Gasteiger partial charge is 0.243 e. The number of carbonyl (C=O) groups excluding carboxylic acids is 1. The second-order valence-corrected chi connectivity index (χ2v) is 7.81. The molecule has 0 aromatic heterocycles. The number of benzene rings is 1. The van der Waals surface area contributed by atoms with Gasteiger partial charge in [-0.05, 0) is 43.0 Å². The zero-order valence-corrected chi connectivity index (χ0v) is 13.3. The Morgan fingerprint density at radius 3 is 2.77 bits per heavy atom. The highest BCUT2D eigenvalue weighted by Gasteiger charge is 2.31. The number of rotatable bonds is 2. The number of piperidine rings is 1. The van der Waals surface area contributed by atoms with Crippen LogP contribution in [0.4, 0.5) is 5.69 Å². The molecule has 1 aromatic carbocycles. The monoisotopic (exact) mass is 324 g/mol. The summed E-state index contributed by atoms with van der Waals surface area (Å²) in [7, 11) is -3.58. The highest BCUT2D eigenvalue weighted by molar-refractivity contribution is 7.89. The van der Waals surface area contributed by atoms with E-state index in [0.29, 0.717) is 32.4 Å². The number of anilines is 1. The largest absolute Gasteiger partial charge is 0.392 e. The van der Waals surface area contributed by atoms with Crippen molar-refractivity contribution in [2.45, 2.75) is 37.2 Å². The van der Waals surface area contributed by atoms with Crippen molar-refractivity contribution in [2.24, 2.45) is 0 Å². The van der Waals surface area contributed by atoms with Crippen molar-refractivity contribution in [2.75, 3.05) is 24.5 Å². The van der Waals surface area contributed by atoms with E-state index in [9.17, 15) is 18.3 Å². The standard InChI is InChI=1S/C15H20N2O4S/c1-11(18)17-8-6-12-9-14(4-5-15(12)17)22(20,21)16-7-2-3-13(19)10-16/h4-5,9,13,19H,2-3,6-8,10H2,1H3. The summed E-state index contributed by atoms with van der Waals surface area (Å²) in [5.74, 6) is -0.0338. The van der Waals surface area contributed by atoms with Crippen molar-refractivity contribution in [1.29, 1.82) is 0 Å². The average molecular weight is 324 g/mol. The van der Waals surface area contributed by atoms with Gasteiger partial charge in [-0.1, -0.05) is 0 Å². The first kappa shape index (κ1) is 15.5. The zero-order valence-electron chi connectivity index (χ0n) is 12.5. The third kappa shape index (κ3) is 2.64. The summed E-state index contributed by atoms with van der Waals surface area (Å²) in [6, 6.07) is 4.92. The molecule has 1 saturated heterocycles. The van der Waals surface area contributed by atoms with Crippen molar-refractivity contribution < 1.29 is 18.3 Å². The third-order valence-corrected chi connectivity index (χ3v) is 6.18. The molecule has 0 bridgehead atoms. The number of aliphatic hydroxyl groups excluding tert-OH is 1. The van der Waals surface area contributed by atoms with Crippen LogP contribution in [0.1, 0.15) is 25.3 Å². The first-order valence-corrected chi connectivity index (χ1v) is 8.93. The molecule has 2 heterocycles. The van der Waals surface area contributed by atoms with Gasteiger partial charge in [0.1, 0.15) is 0 Å². The lowest BCUT2D eigenvalue weighted by atomic mass is 10.1. The van der Waals surface area contributed by atoms with E-state index < -0.39 is 16.1 Å². The Morgan fingerprint density at radius 1 is 1.32 bits per heavy atom. The molecule has 2 aliphatic heterocycles. The van der Waals surface area contributed by atoms with Crippen LogP contribution >= 0.6 is 0 Å². The quantitative estimate of drug-likeness (QED) is 0.870. The van der Waals surface area contributed by atoms with Gasteiger partial charge in [-0.2, -0.15) is 4.31 Å². The number of β-amino-alcohol motifs (C(OH)–C–C–N with tert-alkyl or cyclic N) is 1. The zero-order chi connectivity index (χ0) is 15.9. The van der Waals surface area contributed by atoms with E-state index in [1.54, 1.807) is 23.1 Å². The molecular weight excluding hydrogens is 304 g/mol. The van der Waals surface area contributed by atoms with Gasteiger partial charge in [-0.3, -0.25) is 4.79 Å². The van der Waals surface area contributed by atoms with Crippen molar-refractivity contribution in [3.63, 3.8) is 0 Å². The predicted octanol–water partition coefficient (Wildman–Crippen LogP) is 0.741. The van der Waals surface area contributed by atoms with Crippen LogP contribution in [-0.2, 0) is 21.2 Å². The van der Waals surface area contributed by atoms with Gasteiger partial charge in [-0.25, -0.2) is 8.42 Å². The van der Waals surface area contributed by atoms with Crippen molar-refractivity contribution in [3.05, 3.63) is 23.8 Å². The number of sulfonamides is 1. The van der Waals surface area contributed by atoms with Gasteiger partial charge in [0.05, 0.1) is 11.0 Å². The maximum Gasteiger partial charge on any atom is 0.243 e. The molecule has 0 saturated carbocycles. The summed E-state index contributed by atoms with van der Waals surface area (Å²) in [6.07, 6.45) is 1.39. The van der Waals surface area contributed by atoms with E-state index in [1.807, 2.05) is 0 Å². The molecular formula is C15H20N2O4S. The molecule has 7 heteroatoms. The predicted molar refractivity (Wildman–Crippen MR) is 82.2 cm³/mol. The minimum atomic E-state index is -3.58. The van der Waals surface area contributed by atoms with Gasteiger partial charge in [-0.15, -0.1) is 0 Å². The Hall–Kier alpha value is -1.44. The maximum atomic E-state index is 12.7. The Kier molecular flexibility index (Phi) is 3.96. The lowest BCUT2D eigenvalue weighted by Crippen LogP contribution is -2.42. The molecule has 0 aliphatic carbocycles. The topological polar surface area (TPSA) is 77.9 Å². The number of fused-ring (bicyclic) bond motifs is 1. The highest BCUT2D eigenvalue weighted by atomic mass is 32.2. The second-order valence-electron chi connectivity index (χ2n) is 5.87. The van der Waals surface area contributed by atoms with Crippen LogP contribution in [0.25, 0.3) is 0 Å². The molecule has 22 heavy (non-hydrogen) atoms. The summed E-state index contributed by atoms with van der Waals surface area (Å²) in [4.78, 5) is 13.5. The normalized spacial score (nSPS) is 22.6. The average Bonchev–Trinajstić information content (AvgIpc) is 2.90. The van der Waals surface area contributed by atoms with Crippen molar-refractivity contribution in [1.82, 2.24) is 4.31 Å². The summed E-state index contributed by atoms with van der Waals surface area (Å²) in [5.41, 5.74) is 1.68. The number of amides is 1.